The molecule has 0 spiro atoms. The molecule has 202 valence electrons. The van der Waals surface area contributed by atoms with E-state index in [9.17, 15) is 23.1 Å². The first kappa shape index (κ1) is 27.0. The van der Waals surface area contributed by atoms with Crippen molar-refractivity contribution in [3.05, 3.63) is 71.2 Å². The third-order valence-corrected chi connectivity index (χ3v) is 6.48. The maximum absolute atomic E-state index is 13.4. The summed E-state index contributed by atoms with van der Waals surface area (Å²) in [6.45, 7) is 3.22. The van der Waals surface area contributed by atoms with Crippen molar-refractivity contribution in [2.75, 3.05) is 23.8 Å². The van der Waals surface area contributed by atoms with Crippen LogP contribution in [0.5, 0.6) is 0 Å². The minimum Gasteiger partial charge on any atom is -0.394 e. The van der Waals surface area contributed by atoms with Gasteiger partial charge >= 0.3 is 6.18 Å². The van der Waals surface area contributed by atoms with Gasteiger partial charge in [0.2, 0.25) is 0 Å². The van der Waals surface area contributed by atoms with Crippen molar-refractivity contribution in [3.8, 4) is 16.9 Å². The molecule has 2 aromatic heterocycles. The van der Waals surface area contributed by atoms with Gasteiger partial charge in [0.1, 0.15) is 0 Å². The summed E-state index contributed by atoms with van der Waals surface area (Å²) < 4.78 is 45.6. The first-order valence-electron chi connectivity index (χ1n) is 11.8. The maximum Gasteiger partial charge on any atom is 0.416 e. The molecule has 4 N–H and O–H groups in total. The first-order valence-corrected chi connectivity index (χ1v) is 11.8. The Balaban J connectivity index is 1.63. The zero-order chi connectivity index (χ0) is 27.8. The highest BCUT2D eigenvalue weighted by Crippen LogP contribution is 2.34. The normalized spacial score (nSPS) is 12.6. The summed E-state index contributed by atoms with van der Waals surface area (Å²) in [7, 11) is 3.75. The predicted octanol–water partition coefficient (Wildman–Crippen LogP) is 3.87. The number of hydrogen-bond acceptors (Lipinski definition) is 5. The monoisotopic (exact) mass is 530 g/mol. The maximum atomic E-state index is 13.4. The average molecular weight is 531 g/mol. The molecule has 1 amide bonds. The third-order valence-electron chi connectivity index (χ3n) is 6.48. The van der Waals surface area contributed by atoms with E-state index in [1.807, 2.05) is 43.5 Å². The minimum absolute atomic E-state index is 0.104. The fourth-order valence-corrected chi connectivity index (χ4v) is 4.03. The zero-order valence-corrected chi connectivity index (χ0v) is 21.3. The summed E-state index contributed by atoms with van der Waals surface area (Å²) in [5.74, 6) is -0.605. The fourth-order valence-electron chi connectivity index (χ4n) is 4.03. The molecule has 0 saturated heterocycles. The number of carbonyl (C=O) groups is 1. The van der Waals surface area contributed by atoms with Gasteiger partial charge in [0.25, 0.3) is 5.91 Å². The van der Waals surface area contributed by atoms with Crippen LogP contribution in [0, 0.1) is 13.8 Å². The summed E-state index contributed by atoms with van der Waals surface area (Å²) in [6.07, 6.45) is -2.03. The Bertz CT molecular complexity index is 1470. The molecule has 1 atom stereocenters. The number of anilines is 2. The van der Waals surface area contributed by atoms with Crippen LogP contribution in [0.15, 0.2) is 48.8 Å². The second-order valence-corrected chi connectivity index (χ2v) is 9.08. The van der Waals surface area contributed by atoms with E-state index in [-0.39, 0.29) is 23.5 Å². The van der Waals surface area contributed by atoms with E-state index in [2.05, 4.69) is 15.7 Å². The summed E-state index contributed by atoms with van der Waals surface area (Å²) in [5, 5.41) is 28.3. The number of alkyl halides is 3. The molecule has 0 fully saturated rings. The van der Waals surface area contributed by atoms with Gasteiger partial charge in [-0.05, 0) is 49.7 Å². The summed E-state index contributed by atoms with van der Waals surface area (Å²) >= 11 is 0. The molecule has 0 radical (unpaired) electrons. The highest BCUT2D eigenvalue weighted by molar-refractivity contribution is 6.06. The quantitative estimate of drug-likeness (QED) is 0.277. The number of rotatable bonds is 8. The smallest absolute Gasteiger partial charge is 0.394 e. The fraction of sp³-hybridized carbons (Fsp3) is 0.308. The Labute approximate surface area is 217 Å². The Kier molecular flexibility index (Phi) is 7.38. The molecule has 4 rings (SSSR count). The van der Waals surface area contributed by atoms with E-state index in [0.717, 1.165) is 40.3 Å². The van der Waals surface area contributed by atoms with Crippen LogP contribution in [-0.4, -0.2) is 54.5 Å². The van der Waals surface area contributed by atoms with Crippen molar-refractivity contribution in [2.24, 2.45) is 14.1 Å². The molecule has 0 aliphatic rings. The minimum atomic E-state index is -4.61. The molecule has 12 heteroatoms. The van der Waals surface area contributed by atoms with Gasteiger partial charge in [-0.2, -0.15) is 18.3 Å². The van der Waals surface area contributed by atoms with Gasteiger partial charge in [-0.3, -0.25) is 18.8 Å². The average Bonchev–Trinajstić information content (AvgIpc) is 3.19. The van der Waals surface area contributed by atoms with Crippen molar-refractivity contribution < 1.29 is 28.2 Å². The number of nitrogens with one attached hydrogen (secondary N) is 2. The van der Waals surface area contributed by atoms with Gasteiger partial charge in [0, 0.05) is 37.5 Å². The number of carbonyl (C=O) groups excluding carboxylic acids is 1. The van der Waals surface area contributed by atoms with Crippen LogP contribution in [0.2, 0.25) is 0 Å². The number of benzene rings is 2. The van der Waals surface area contributed by atoms with Crippen molar-refractivity contribution >= 4 is 17.3 Å². The van der Waals surface area contributed by atoms with Crippen molar-refractivity contribution in [2.45, 2.75) is 26.1 Å². The molecule has 0 unspecified atom stereocenters. The van der Waals surface area contributed by atoms with Crippen LogP contribution in [0.3, 0.4) is 0 Å². The molecule has 4 aromatic rings. The van der Waals surface area contributed by atoms with Crippen LogP contribution in [0.25, 0.3) is 16.9 Å². The zero-order valence-electron chi connectivity index (χ0n) is 21.3. The Morgan fingerprint density at radius 3 is 2.45 bits per heavy atom. The van der Waals surface area contributed by atoms with Crippen LogP contribution < -0.4 is 10.6 Å². The summed E-state index contributed by atoms with van der Waals surface area (Å²) in [6, 6.07) is 7.91. The van der Waals surface area contributed by atoms with Crippen LogP contribution in [0.4, 0.5) is 24.5 Å². The Morgan fingerprint density at radius 1 is 1.11 bits per heavy atom. The predicted molar refractivity (Wildman–Crippen MR) is 137 cm³/mol. The topological polar surface area (TPSA) is 109 Å². The Morgan fingerprint density at radius 2 is 1.84 bits per heavy atom. The number of aryl methyl sites for hydroxylation is 2. The standard InChI is InChI=1S/C26H29F3N6O3/c1-15-5-6-17(9-23(15)35-13-24(34(35)4)20-12-31-33(3)16(20)2)25(38)32-22-10-18(26(27,28)29)7-8-21(22)30-11-19(37)14-36/h5-10,12-13,19,30,36-37H,11,14H2,1-4H3,(H,32,38)/t19-/m1/s1. The van der Waals surface area contributed by atoms with Crippen LogP contribution in [-0.2, 0) is 20.3 Å². The molecule has 2 heterocycles. The van der Waals surface area contributed by atoms with Crippen molar-refractivity contribution in [1.29, 1.82) is 0 Å². The highest BCUT2D eigenvalue weighted by Gasteiger charge is 2.31. The summed E-state index contributed by atoms with van der Waals surface area (Å²) in [5.41, 5.74) is 3.95. The molecular formula is C26H29F3N6O3. The van der Waals surface area contributed by atoms with Gasteiger partial charge in [-0.1, -0.05) is 6.07 Å². The van der Waals surface area contributed by atoms with E-state index >= 15 is 0 Å². The van der Waals surface area contributed by atoms with Gasteiger partial charge < -0.3 is 20.8 Å². The van der Waals surface area contributed by atoms with E-state index < -0.39 is 30.4 Å². The largest absolute Gasteiger partial charge is 0.416 e. The third kappa shape index (κ3) is 5.31. The number of amides is 1. The van der Waals surface area contributed by atoms with Gasteiger partial charge in [-0.15, -0.1) is 0 Å². The van der Waals surface area contributed by atoms with Crippen molar-refractivity contribution in [1.82, 2.24) is 19.1 Å². The number of nitrogens with zero attached hydrogens (tertiary/aromatic N) is 4. The molecule has 0 saturated carbocycles. The number of hydrogen-bond donors (Lipinski definition) is 4. The van der Waals surface area contributed by atoms with E-state index in [1.54, 1.807) is 29.1 Å². The van der Waals surface area contributed by atoms with E-state index in [1.165, 1.54) is 6.07 Å². The lowest BCUT2D eigenvalue weighted by Gasteiger charge is -2.25. The first-order chi connectivity index (χ1) is 17.9. The number of aromatic nitrogens is 4. The molecule has 0 bridgehead atoms. The SMILES string of the molecule is Cc1ccc(C(=O)Nc2cc(C(F)(F)F)ccc2NC[C@@H](O)CO)cc1-n1cc(-c2cnn(C)c2C)n1C. The molecule has 38 heavy (non-hydrogen) atoms. The molecule has 0 aliphatic heterocycles. The highest BCUT2D eigenvalue weighted by atomic mass is 19.4. The van der Waals surface area contributed by atoms with Gasteiger partial charge in [0.05, 0.1) is 53.4 Å². The van der Waals surface area contributed by atoms with Crippen LogP contribution in [0.1, 0.15) is 27.2 Å². The molecule has 0 aliphatic carbocycles. The van der Waals surface area contributed by atoms with Crippen molar-refractivity contribution in [3.63, 3.8) is 0 Å². The van der Waals surface area contributed by atoms with Gasteiger partial charge in [-0.25, -0.2) is 0 Å². The number of halogens is 3. The second kappa shape index (κ2) is 10.4. The summed E-state index contributed by atoms with van der Waals surface area (Å²) in [4.78, 5) is 13.2. The van der Waals surface area contributed by atoms with E-state index in [0.29, 0.717) is 0 Å². The van der Waals surface area contributed by atoms with E-state index in [4.69, 9.17) is 5.11 Å². The van der Waals surface area contributed by atoms with Gasteiger partial charge in [0.15, 0.2) is 0 Å². The number of aliphatic hydroxyl groups excluding tert-OH is 2. The van der Waals surface area contributed by atoms with Crippen LogP contribution >= 0.6 is 0 Å². The second-order valence-electron chi connectivity index (χ2n) is 9.08. The number of aliphatic hydroxyl groups is 2. The molecule has 9 nitrogen and oxygen atoms in total. The lowest BCUT2D eigenvalue weighted by Crippen LogP contribution is -2.24. The Hall–Kier alpha value is -4.03. The lowest BCUT2D eigenvalue weighted by molar-refractivity contribution is -0.137. The molecular weight excluding hydrogens is 501 g/mol. The molecule has 2 aromatic carbocycles. The lowest BCUT2D eigenvalue weighted by atomic mass is 10.1.